The van der Waals surface area contributed by atoms with E-state index in [0.717, 1.165) is 24.1 Å². The van der Waals surface area contributed by atoms with Crippen LogP contribution >= 0.6 is 0 Å². The standard InChI is InChI=1S/C21H26N2O3S/c1-18-9-11-20(12-10-18)27(25,26)23-16-14-22(15-17-23)13-5-8-21(24)19-6-3-2-4-7-19/h2-4,6-7,9-12H,5,8,13-17H2,1H3. The second kappa shape index (κ2) is 8.78. The van der Waals surface area contributed by atoms with E-state index in [-0.39, 0.29) is 5.78 Å². The van der Waals surface area contributed by atoms with Crippen LogP contribution in [-0.4, -0.2) is 56.1 Å². The molecule has 3 rings (SSSR count). The van der Waals surface area contributed by atoms with Crippen molar-refractivity contribution in [1.82, 2.24) is 9.21 Å². The molecule has 5 nitrogen and oxygen atoms in total. The fraction of sp³-hybridized carbons (Fsp3) is 0.381. The Morgan fingerprint density at radius 1 is 0.926 bits per heavy atom. The topological polar surface area (TPSA) is 57.7 Å². The van der Waals surface area contributed by atoms with Gasteiger partial charge in [-0.1, -0.05) is 48.0 Å². The number of nitrogens with zero attached hydrogens (tertiary/aromatic N) is 2. The molecule has 0 amide bonds. The highest BCUT2D eigenvalue weighted by atomic mass is 32.2. The zero-order valence-electron chi connectivity index (χ0n) is 15.7. The van der Waals surface area contributed by atoms with Gasteiger partial charge in [0.2, 0.25) is 10.0 Å². The summed E-state index contributed by atoms with van der Waals surface area (Å²) in [5.74, 6) is 0.163. The molecule has 0 aliphatic carbocycles. The number of carbonyl (C=O) groups excluding carboxylic acids is 1. The molecular formula is C21H26N2O3S. The second-order valence-corrected chi connectivity index (χ2v) is 8.89. The number of aryl methyl sites for hydroxylation is 1. The highest BCUT2D eigenvalue weighted by Crippen LogP contribution is 2.18. The van der Waals surface area contributed by atoms with Crippen LogP contribution in [0.2, 0.25) is 0 Å². The molecule has 1 aliphatic heterocycles. The quantitative estimate of drug-likeness (QED) is 0.687. The maximum Gasteiger partial charge on any atom is 0.243 e. The number of hydrogen-bond donors (Lipinski definition) is 0. The number of benzene rings is 2. The van der Waals surface area contributed by atoms with Gasteiger partial charge in [-0.15, -0.1) is 0 Å². The Morgan fingerprint density at radius 2 is 1.56 bits per heavy atom. The van der Waals surface area contributed by atoms with Crippen LogP contribution in [0.15, 0.2) is 59.5 Å². The SMILES string of the molecule is Cc1ccc(S(=O)(=O)N2CCN(CCCC(=O)c3ccccc3)CC2)cc1. The maximum absolute atomic E-state index is 12.7. The highest BCUT2D eigenvalue weighted by Gasteiger charge is 2.28. The summed E-state index contributed by atoms with van der Waals surface area (Å²) in [6.07, 6.45) is 1.31. The van der Waals surface area contributed by atoms with E-state index >= 15 is 0 Å². The molecule has 1 saturated heterocycles. The summed E-state index contributed by atoms with van der Waals surface area (Å²) in [6, 6.07) is 16.3. The van der Waals surface area contributed by atoms with Crippen molar-refractivity contribution in [3.8, 4) is 0 Å². The minimum absolute atomic E-state index is 0.163. The molecule has 6 heteroatoms. The van der Waals surface area contributed by atoms with Crippen molar-refractivity contribution in [2.24, 2.45) is 0 Å². The molecule has 0 unspecified atom stereocenters. The Hall–Kier alpha value is -2.02. The lowest BCUT2D eigenvalue weighted by Gasteiger charge is -2.34. The second-order valence-electron chi connectivity index (χ2n) is 6.95. The lowest BCUT2D eigenvalue weighted by atomic mass is 10.1. The third kappa shape index (κ3) is 5.03. The van der Waals surface area contributed by atoms with Gasteiger partial charge in [0.1, 0.15) is 0 Å². The van der Waals surface area contributed by atoms with Crippen molar-refractivity contribution in [1.29, 1.82) is 0 Å². The first-order chi connectivity index (χ1) is 13.0. The number of hydrogen-bond acceptors (Lipinski definition) is 4. The minimum atomic E-state index is -3.42. The van der Waals surface area contributed by atoms with E-state index in [1.54, 1.807) is 16.4 Å². The van der Waals surface area contributed by atoms with Gasteiger partial charge in [0.15, 0.2) is 5.78 Å². The Balaban J connectivity index is 1.46. The molecule has 0 radical (unpaired) electrons. The molecule has 0 aromatic heterocycles. The monoisotopic (exact) mass is 386 g/mol. The van der Waals surface area contributed by atoms with Gasteiger partial charge in [-0.2, -0.15) is 4.31 Å². The van der Waals surface area contributed by atoms with Gasteiger partial charge in [0.25, 0.3) is 0 Å². The van der Waals surface area contributed by atoms with Gasteiger partial charge in [-0.3, -0.25) is 4.79 Å². The smallest absolute Gasteiger partial charge is 0.243 e. The average Bonchev–Trinajstić information content (AvgIpc) is 2.69. The van der Waals surface area contributed by atoms with Gasteiger partial charge in [0.05, 0.1) is 4.90 Å². The van der Waals surface area contributed by atoms with Crippen molar-refractivity contribution in [3.05, 3.63) is 65.7 Å². The molecular weight excluding hydrogens is 360 g/mol. The molecule has 0 spiro atoms. The molecule has 0 bridgehead atoms. The molecule has 0 N–H and O–H groups in total. The number of Topliss-reactive ketones (excluding diaryl/α,β-unsaturated/α-hetero) is 1. The van der Waals surface area contributed by atoms with Crippen LogP contribution in [-0.2, 0) is 10.0 Å². The molecule has 2 aromatic rings. The summed E-state index contributed by atoms with van der Waals surface area (Å²) < 4.78 is 27.0. The number of ketones is 1. The summed E-state index contributed by atoms with van der Waals surface area (Å²) in [5.41, 5.74) is 1.80. The molecule has 27 heavy (non-hydrogen) atoms. The van der Waals surface area contributed by atoms with E-state index in [2.05, 4.69) is 4.90 Å². The Labute approximate surface area is 161 Å². The van der Waals surface area contributed by atoms with Crippen LogP contribution in [0.5, 0.6) is 0 Å². The fourth-order valence-electron chi connectivity index (χ4n) is 3.28. The average molecular weight is 387 g/mol. The van der Waals surface area contributed by atoms with Gasteiger partial charge in [-0.05, 0) is 32.0 Å². The normalized spacial score (nSPS) is 16.3. The zero-order valence-corrected chi connectivity index (χ0v) is 16.5. The minimum Gasteiger partial charge on any atom is -0.301 e. The summed E-state index contributed by atoms with van der Waals surface area (Å²) in [7, 11) is -3.42. The van der Waals surface area contributed by atoms with E-state index in [1.807, 2.05) is 49.4 Å². The van der Waals surface area contributed by atoms with Crippen molar-refractivity contribution >= 4 is 15.8 Å². The third-order valence-electron chi connectivity index (χ3n) is 4.96. The first-order valence-electron chi connectivity index (χ1n) is 9.34. The molecule has 0 atom stereocenters. The van der Waals surface area contributed by atoms with E-state index in [4.69, 9.17) is 0 Å². The summed E-state index contributed by atoms with van der Waals surface area (Å²) in [6.45, 7) is 5.13. The molecule has 0 saturated carbocycles. The van der Waals surface area contributed by atoms with Gasteiger partial charge >= 0.3 is 0 Å². The van der Waals surface area contributed by atoms with E-state index in [0.29, 0.717) is 37.5 Å². The number of rotatable bonds is 7. The van der Waals surface area contributed by atoms with Crippen LogP contribution in [0.4, 0.5) is 0 Å². The Morgan fingerprint density at radius 3 is 2.19 bits per heavy atom. The number of carbonyl (C=O) groups is 1. The van der Waals surface area contributed by atoms with Crippen LogP contribution in [0, 0.1) is 6.92 Å². The fourth-order valence-corrected chi connectivity index (χ4v) is 4.71. The zero-order chi connectivity index (χ0) is 19.3. The predicted octanol–water partition coefficient (Wildman–Crippen LogP) is 2.96. The molecule has 144 valence electrons. The van der Waals surface area contributed by atoms with Crippen LogP contribution in [0.25, 0.3) is 0 Å². The van der Waals surface area contributed by atoms with Crippen LogP contribution in [0.3, 0.4) is 0 Å². The van der Waals surface area contributed by atoms with E-state index in [9.17, 15) is 13.2 Å². The van der Waals surface area contributed by atoms with E-state index < -0.39 is 10.0 Å². The first kappa shape index (κ1) is 19.7. The largest absolute Gasteiger partial charge is 0.301 e. The number of piperazine rings is 1. The molecule has 1 heterocycles. The summed E-state index contributed by atoms with van der Waals surface area (Å²) in [5, 5.41) is 0. The lowest BCUT2D eigenvalue weighted by molar-refractivity contribution is 0.0971. The molecule has 2 aromatic carbocycles. The van der Waals surface area contributed by atoms with Gasteiger partial charge < -0.3 is 4.90 Å². The van der Waals surface area contributed by atoms with Gasteiger partial charge in [-0.25, -0.2) is 8.42 Å². The number of sulfonamides is 1. The molecule has 1 aliphatic rings. The Bertz CT molecular complexity index is 856. The molecule has 1 fully saturated rings. The van der Waals surface area contributed by atoms with Crippen molar-refractivity contribution < 1.29 is 13.2 Å². The van der Waals surface area contributed by atoms with E-state index in [1.165, 1.54) is 0 Å². The Kier molecular flexibility index (Phi) is 6.42. The van der Waals surface area contributed by atoms with Crippen LogP contribution < -0.4 is 0 Å². The van der Waals surface area contributed by atoms with Gasteiger partial charge in [0, 0.05) is 38.2 Å². The summed E-state index contributed by atoms with van der Waals surface area (Å²) in [4.78, 5) is 14.7. The lowest BCUT2D eigenvalue weighted by Crippen LogP contribution is -2.48. The van der Waals surface area contributed by atoms with Crippen molar-refractivity contribution in [3.63, 3.8) is 0 Å². The summed E-state index contributed by atoms with van der Waals surface area (Å²) >= 11 is 0. The van der Waals surface area contributed by atoms with Crippen LogP contribution in [0.1, 0.15) is 28.8 Å². The highest BCUT2D eigenvalue weighted by molar-refractivity contribution is 7.89. The van der Waals surface area contributed by atoms with Crippen molar-refractivity contribution in [2.75, 3.05) is 32.7 Å². The first-order valence-corrected chi connectivity index (χ1v) is 10.8. The maximum atomic E-state index is 12.7. The predicted molar refractivity (Wildman–Crippen MR) is 106 cm³/mol. The third-order valence-corrected chi connectivity index (χ3v) is 6.88. The van der Waals surface area contributed by atoms with Crippen molar-refractivity contribution in [2.45, 2.75) is 24.7 Å².